The van der Waals surface area contributed by atoms with Gasteiger partial charge in [0, 0.05) is 20.0 Å². The summed E-state index contributed by atoms with van der Waals surface area (Å²) in [6, 6.07) is 10.2. The average molecular weight is 381 g/mol. The maximum absolute atomic E-state index is 12.6. The smallest absolute Gasteiger partial charge is 0.416 e. The Morgan fingerprint density at radius 3 is 2.26 bits per heavy atom. The largest absolute Gasteiger partial charge is 0.497 e. The first kappa shape index (κ1) is 20.6. The molecule has 27 heavy (non-hydrogen) atoms. The fourth-order valence-electron chi connectivity index (χ4n) is 2.67. The normalized spacial score (nSPS) is 11.2. The Kier molecular flexibility index (Phi) is 6.71. The average Bonchev–Trinajstić information content (AvgIpc) is 2.65. The Labute approximate surface area is 156 Å². The fourth-order valence-corrected chi connectivity index (χ4v) is 2.67. The van der Waals surface area contributed by atoms with E-state index < -0.39 is 11.7 Å². The van der Waals surface area contributed by atoms with E-state index in [-0.39, 0.29) is 18.9 Å². The third-order valence-electron chi connectivity index (χ3n) is 4.22. The highest BCUT2D eigenvalue weighted by Crippen LogP contribution is 2.29. The molecule has 0 fully saturated rings. The minimum Gasteiger partial charge on any atom is -0.497 e. The van der Waals surface area contributed by atoms with Crippen LogP contribution in [0.2, 0.25) is 0 Å². The molecular formula is C20H22F3NO3. The zero-order chi connectivity index (χ0) is 20.0. The fraction of sp³-hybridized carbons (Fsp3) is 0.350. The number of hydrogen-bond acceptors (Lipinski definition) is 3. The van der Waals surface area contributed by atoms with Crippen LogP contribution in [0.4, 0.5) is 13.2 Å². The molecule has 2 aromatic carbocycles. The lowest BCUT2D eigenvalue weighted by atomic mass is 10.1. The van der Waals surface area contributed by atoms with Crippen LogP contribution in [-0.2, 0) is 23.9 Å². The minimum atomic E-state index is -4.37. The second-order valence-corrected chi connectivity index (χ2v) is 6.12. The molecular weight excluding hydrogens is 359 g/mol. The molecule has 1 amide bonds. The third-order valence-corrected chi connectivity index (χ3v) is 4.22. The Bertz CT molecular complexity index is 773. The monoisotopic (exact) mass is 381 g/mol. The van der Waals surface area contributed by atoms with Gasteiger partial charge < -0.3 is 14.4 Å². The van der Waals surface area contributed by atoms with Gasteiger partial charge in [0.2, 0.25) is 5.91 Å². The number of carbonyl (C=O) groups is 1. The van der Waals surface area contributed by atoms with Gasteiger partial charge >= 0.3 is 6.18 Å². The summed E-state index contributed by atoms with van der Waals surface area (Å²) in [5.41, 5.74) is 0.788. The number of ether oxygens (including phenoxy) is 2. The molecule has 4 nitrogen and oxygen atoms in total. The van der Waals surface area contributed by atoms with Crippen molar-refractivity contribution in [3.63, 3.8) is 0 Å². The SMILES string of the molecule is COc1ccc(OC)c(CCC(=O)N(C)Cc2ccc(C(F)(F)F)cc2)c1. The first-order valence-electron chi connectivity index (χ1n) is 8.35. The highest BCUT2D eigenvalue weighted by Gasteiger charge is 2.30. The van der Waals surface area contributed by atoms with Gasteiger partial charge in [0.25, 0.3) is 0 Å². The molecule has 0 bridgehead atoms. The molecule has 0 radical (unpaired) electrons. The molecule has 0 saturated heterocycles. The summed E-state index contributed by atoms with van der Waals surface area (Å²) in [5, 5.41) is 0. The summed E-state index contributed by atoms with van der Waals surface area (Å²) in [7, 11) is 4.75. The second-order valence-electron chi connectivity index (χ2n) is 6.12. The van der Waals surface area contributed by atoms with Crippen molar-refractivity contribution < 1.29 is 27.4 Å². The summed E-state index contributed by atoms with van der Waals surface area (Å²) in [6.07, 6.45) is -3.65. The number of aryl methyl sites for hydroxylation is 1. The maximum Gasteiger partial charge on any atom is 0.416 e. The van der Waals surface area contributed by atoms with Crippen LogP contribution in [0.3, 0.4) is 0 Å². The van der Waals surface area contributed by atoms with Crippen molar-refractivity contribution in [3.8, 4) is 11.5 Å². The highest BCUT2D eigenvalue weighted by molar-refractivity contribution is 5.76. The summed E-state index contributed by atoms with van der Waals surface area (Å²) in [4.78, 5) is 13.9. The van der Waals surface area contributed by atoms with Crippen molar-refractivity contribution in [2.45, 2.75) is 25.6 Å². The quantitative estimate of drug-likeness (QED) is 0.717. The molecule has 0 saturated carbocycles. The van der Waals surface area contributed by atoms with Gasteiger partial charge in [0.15, 0.2) is 0 Å². The first-order chi connectivity index (χ1) is 12.7. The van der Waals surface area contributed by atoms with E-state index in [4.69, 9.17) is 9.47 Å². The van der Waals surface area contributed by atoms with E-state index in [0.717, 1.165) is 17.7 Å². The zero-order valence-corrected chi connectivity index (χ0v) is 15.5. The molecule has 0 aliphatic rings. The number of halogens is 3. The molecule has 0 heterocycles. The number of nitrogens with zero attached hydrogens (tertiary/aromatic N) is 1. The molecule has 7 heteroatoms. The lowest BCUT2D eigenvalue weighted by molar-refractivity contribution is -0.137. The van der Waals surface area contributed by atoms with Crippen molar-refractivity contribution >= 4 is 5.91 Å². The summed E-state index contributed by atoms with van der Waals surface area (Å²) >= 11 is 0. The summed E-state index contributed by atoms with van der Waals surface area (Å²) < 4.78 is 48.3. The van der Waals surface area contributed by atoms with Crippen LogP contribution in [0.1, 0.15) is 23.1 Å². The number of rotatable bonds is 7. The maximum atomic E-state index is 12.6. The van der Waals surface area contributed by atoms with Crippen LogP contribution in [0.5, 0.6) is 11.5 Å². The van der Waals surface area contributed by atoms with Crippen LogP contribution < -0.4 is 9.47 Å². The molecule has 0 unspecified atom stereocenters. The predicted octanol–water partition coefficient (Wildman–Crippen LogP) is 4.31. The van der Waals surface area contributed by atoms with E-state index in [2.05, 4.69) is 0 Å². The Balaban J connectivity index is 1.96. The number of methoxy groups -OCH3 is 2. The van der Waals surface area contributed by atoms with Crippen molar-refractivity contribution in [1.29, 1.82) is 0 Å². The lowest BCUT2D eigenvalue weighted by Gasteiger charge is -2.18. The van der Waals surface area contributed by atoms with Crippen LogP contribution in [0.15, 0.2) is 42.5 Å². The lowest BCUT2D eigenvalue weighted by Crippen LogP contribution is -2.26. The third kappa shape index (κ3) is 5.64. The Hall–Kier alpha value is -2.70. The molecule has 2 rings (SSSR count). The van der Waals surface area contributed by atoms with Gasteiger partial charge in [0.1, 0.15) is 11.5 Å². The van der Waals surface area contributed by atoms with Gasteiger partial charge in [-0.05, 0) is 47.9 Å². The molecule has 0 N–H and O–H groups in total. The van der Waals surface area contributed by atoms with Gasteiger partial charge in [0.05, 0.1) is 19.8 Å². The zero-order valence-electron chi connectivity index (χ0n) is 15.5. The standard InChI is InChI=1S/C20H22F3NO3/c1-24(13-14-4-7-16(8-5-14)20(21,22)23)19(25)11-6-15-12-17(26-2)9-10-18(15)27-3/h4-5,7-10,12H,6,11,13H2,1-3H3. The van der Waals surface area contributed by atoms with Crippen LogP contribution in [-0.4, -0.2) is 32.1 Å². The second kappa shape index (κ2) is 8.79. The number of carbonyl (C=O) groups excluding carboxylic acids is 1. The number of hydrogen-bond donors (Lipinski definition) is 0. The topological polar surface area (TPSA) is 38.8 Å². The summed E-state index contributed by atoms with van der Waals surface area (Å²) in [6.45, 7) is 0.242. The van der Waals surface area contributed by atoms with Gasteiger partial charge in [-0.2, -0.15) is 13.2 Å². The van der Waals surface area contributed by atoms with E-state index >= 15 is 0 Å². The van der Waals surface area contributed by atoms with E-state index in [1.807, 2.05) is 6.07 Å². The van der Waals surface area contributed by atoms with Crippen molar-refractivity contribution in [2.75, 3.05) is 21.3 Å². The molecule has 0 aliphatic carbocycles. The van der Waals surface area contributed by atoms with Crippen LogP contribution in [0, 0.1) is 0 Å². The van der Waals surface area contributed by atoms with Crippen LogP contribution >= 0.6 is 0 Å². The number of alkyl halides is 3. The van der Waals surface area contributed by atoms with Crippen molar-refractivity contribution in [3.05, 3.63) is 59.2 Å². The number of benzene rings is 2. The predicted molar refractivity (Wildman–Crippen MR) is 95.8 cm³/mol. The van der Waals surface area contributed by atoms with E-state index in [9.17, 15) is 18.0 Å². The highest BCUT2D eigenvalue weighted by atomic mass is 19.4. The molecule has 2 aromatic rings. The molecule has 0 aromatic heterocycles. The molecule has 146 valence electrons. The minimum absolute atomic E-state index is 0.111. The molecule has 0 atom stereocenters. The van der Waals surface area contributed by atoms with Gasteiger partial charge in [-0.1, -0.05) is 12.1 Å². The van der Waals surface area contributed by atoms with Gasteiger partial charge in [-0.25, -0.2) is 0 Å². The summed E-state index contributed by atoms with van der Waals surface area (Å²) in [5.74, 6) is 1.24. The van der Waals surface area contributed by atoms with E-state index in [0.29, 0.717) is 23.5 Å². The molecule has 0 spiro atoms. The van der Waals surface area contributed by atoms with Crippen molar-refractivity contribution in [1.82, 2.24) is 4.90 Å². The van der Waals surface area contributed by atoms with Gasteiger partial charge in [-0.15, -0.1) is 0 Å². The van der Waals surface area contributed by atoms with Crippen molar-refractivity contribution in [2.24, 2.45) is 0 Å². The Morgan fingerprint density at radius 2 is 1.70 bits per heavy atom. The van der Waals surface area contributed by atoms with Gasteiger partial charge in [-0.3, -0.25) is 4.79 Å². The first-order valence-corrected chi connectivity index (χ1v) is 8.35. The number of amides is 1. The molecule has 0 aliphatic heterocycles. The van der Waals surface area contributed by atoms with E-state index in [1.165, 1.54) is 17.0 Å². The van der Waals surface area contributed by atoms with E-state index in [1.54, 1.807) is 33.4 Å². The Morgan fingerprint density at radius 1 is 1.04 bits per heavy atom. The van der Waals surface area contributed by atoms with Crippen LogP contribution in [0.25, 0.3) is 0 Å².